The predicted octanol–water partition coefficient (Wildman–Crippen LogP) is 2.66. The second kappa shape index (κ2) is 7.78. The third kappa shape index (κ3) is 3.67. The van der Waals surface area contributed by atoms with Crippen molar-refractivity contribution < 1.29 is 14.7 Å². The molecule has 1 aliphatic rings. The molecule has 7 nitrogen and oxygen atoms in total. The molecule has 1 saturated heterocycles. The van der Waals surface area contributed by atoms with Gasteiger partial charge in [-0.25, -0.2) is 4.68 Å². The summed E-state index contributed by atoms with van der Waals surface area (Å²) in [5.74, 6) is -1.04. The number of aliphatic carboxylic acids is 1. The Hall–Kier alpha value is -2.54. The van der Waals surface area contributed by atoms with Gasteiger partial charge in [0.25, 0.3) is 0 Å². The molecule has 1 aromatic heterocycles. The van der Waals surface area contributed by atoms with Crippen LogP contribution in [0.5, 0.6) is 0 Å². The van der Waals surface area contributed by atoms with Crippen molar-refractivity contribution in [1.82, 2.24) is 9.78 Å². The molecule has 1 aliphatic heterocycles. The van der Waals surface area contributed by atoms with Gasteiger partial charge in [-0.05, 0) is 31.9 Å². The van der Waals surface area contributed by atoms with Crippen LogP contribution in [-0.2, 0) is 9.59 Å². The third-order valence-electron chi connectivity index (χ3n) is 4.49. The molecule has 1 fully saturated rings. The molecule has 26 heavy (non-hydrogen) atoms. The maximum Gasteiger partial charge on any atom is 0.308 e. The predicted molar refractivity (Wildman–Crippen MR) is 100 cm³/mol. The van der Waals surface area contributed by atoms with Crippen LogP contribution in [0, 0.1) is 12.8 Å². The highest BCUT2D eigenvalue weighted by Crippen LogP contribution is 2.35. The smallest absolute Gasteiger partial charge is 0.308 e. The Morgan fingerprint density at radius 2 is 2.08 bits per heavy atom. The van der Waals surface area contributed by atoms with E-state index in [2.05, 4.69) is 10.4 Å². The van der Waals surface area contributed by atoms with Crippen molar-refractivity contribution in [3.05, 3.63) is 36.0 Å². The summed E-state index contributed by atoms with van der Waals surface area (Å²) in [4.78, 5) is 25.3. The number of carbonyl (C=O) groups is 2. The third-order valence-corrected chi connectivity index (χ3v) is 4.74. The second-order valence-corrected chi connectivity index (χ2v) is 6.60. The lowest BCUT2D eigenvalue weighted by molar-refractivity contribution is -0.142. The molecule has 0 spiro atoms. The van der Waals surface area contributed by atoms with E-state index in [1.165, 1.54) is 0 Å². The number of benzene rings is 1. The number of anilines is 2. The number of piperidine rings is 1. The highest BCUT2D eigenvalue weighted by Gasteiger charge is 2.30. The zero-order valence-electron chi connectivity index (χ0n) is 14.5. The Labute approximate surface area is 156 Å². The maximum absolute atomic E-state index is 11.9. The number of hydrogen-bond donors (Lipinski definition) is 2. The highest BCUT2D eigenvalue weighted by molar-refractivity contribution is 6.29. The first-order valence-corrected chi connectivity index (χ1v) is 9.03. The summed E-state index contributed by atoms with van der Waals surface area (Å²) < 4.78 is 1.75. The second-order valence-electron chi connectivity index (χ2n) is 6.34. The molecule has 0 radical (unpaired) electrons. The summed E-state index contributed by atoms with van der Waals surface area (Å²) in [7, 11) is 0. The number of aromatic nitrogens is 2. The van der Waals surface area contributed by atoms with Crippen molar-refractivity contribution in [2.24, 2.45) is 5.92 Å². The molecule has 1 aromatic carbocycles. The molecule has 0 saturated carbocycles. The fourth-order valence-electron chi connectivity index (χ4n) is 3.25. The Balaban J connectivity index is 2.07. The van der Waals surface area contributed by atoms with Gasteiger partial charge in [0.05, 0.1) is 17.3 Å². The number of rotatable bonds is 5. The number of carboxylic acids is 1. The van der Waals surface area contributed by atoms with Gasteiger partial charge in [-0.1, -0.05) is 18.2 Å². The molecule has 0 aliphatic carbocycles. The monoisotopic (exact) mass is 376 g/mol. The Morgan fingerprint density at radius 3 is 2.73 bits per heavy atom. The van der Waals surface area contributed by atoms with Crippen LogP contribution in [-0.4, -0.2) is 45.7 Å². The maximum atomic E-state index is 11.9. The number of amides is 1. The summed E-state index contributed by atoms with van der Waals surface area (Å²) in [6.07, 6.45) is 1.41. The lowest BCUT2D eigenvalue weighted by Crippen LogP contribution is -2.40. The quantitative estimate of drug-likeness (QED) is 0.783. The number of carbonyl (C=O) groups excluding carboxylic acids is 1. The van der Waals surface area contributed by atoms with Gasteiger partial charge in [0.2, 0.25) is 5.91 Å². The number of carboxylic acid groups (broad SMARTS) is 1. The number of aryl methyl sites for hydroxylation is 1. The van der Waals surface area contributed by atoms with E-state index >= 15 is 0 Å². The largest absolute Gasteiger partial charge is 0.481 e. The minimum atomic E-state index is -0.802. The van der Waals surface area contributed by atoms with E-state index in [0.717, 1.165) is 12.1 Å². The summed E-state index contributed by atoms with van der Waals surface area (Å²) in [5, 5.41) is 16.8. The van der Waals surface area contributed by atoms with Gasteiger partial charge in [-0.15, -0.1) is 11.6 Å². The van der Waals surface area contributed by atoms with E-state index in [1.807, 2.05) is 42.2 Å². The van der Waals surface area contributed by atoms with Crippen molar-refractivity contribution in [2.75, 3.05) is 29.2 Å². The zero-order valence-corrected chi connectivity index (χ0v) is 15.2. The molecular weight excluding hydrogens is 356 g/mol. The summed E-state index contributed by atoms with van der Waals surface area (Å²) >= 11 is 5.65. The summed E-state index contributed by atoms with van der Waals surface area (Å²) in [6, 6.07) is 9.56. The molecule has 2 N–H and O–H groups in total. The highest BCUT2D eigenvalue weighted by atomic mass is 35.5. The Kier molecular flexibility index (Phi) is 5.46. The molecule has 1 amide bonds. The van der Waals surface area contributed by atoms with Crippen LogP contribution in [0.1, 0.15) is 18.5 Å². The Bertz CT molecular complexity index is 806. The molecular formula is C18H21ClN4O3. The van der Waals surface area contributed by atoms with Gasteiger partial charge >= 0.3 is 5.97 Å². The van der Waals surface area contributed by atoms with Crippen LogP contribution >= 0.6 is 11.6 Å². The fourth-order valence-corrected chi connectivity index (χ4v) is 3.31. The number of alkyl halides is 1. The van der Waals surface area contributed by atoms with E-state index in [9.17, 15) is 14.7 Å². The molecule has 8 heteroatoms. The molecule has 2 heterocycles. The number of para-hydroxylation sites is 1. The first kappa shape index (κ1) is 18.3. The van der Waals surface area contributed by atoms with E-state index in [1.54, 1.807) is 4.68 Å². The van der Waals surface area contributed by atoms with E-state index in [4.69, 9.17) is 11.6 Å². The Morgan fingerprint density at radius 1 is 1.35 bits per heavy atom. The van der Waals surface area contributed by atoms with Gasteiger partial charge in [0, 0.05) is 13.1 Å². The fraction of sp³-hybridized carbons (Fsp3) is 0.389. The van der Waals surface area contributed by atoms with E-state index in [-0.39, 0.29) is 11.8 Å². The molecule has 3 rings (SSSR count). The number of halogens is 1. The number of nitrogens with zero attached hydrogens (tertiary/aromatic N) is 3. The summed E-state index contributed by atoms with van der Waals surface area (Å²) in [5.41, 5.74) is 2.07. The van der Waals surface area contributed by atoms with Crippen LogP contribution in [0.15, 0.2) is 30.3 Å². The topological polar surface area (TPSA) is 87.5 Å². The normalized spacial score (nSPS) is 17.2. The van der Waals surface area contributed by atoms with Gasteiger partial charge in [0.15, 0.2) is 5.82 Å². The lowest BCUT2D eigenvalue weighted by Gasteiger charge is -2.33. The van der Waals surface area contributed by atoms with Crippen LogP contribution in [0.4, 0.5) is 11.5 Å². The van der Waals surface area contributed by atoms with Crippen LogP contribution in [0.25, 0.3) is 5.69 Å². The minimum absolute atomic E-state index is 0.160. The van der Waals surface area contributed by atoms with Crippen molar-refractivity contribution in [2.45, 2.75) is 19.8 Å². The van der Waals surface area contributed by atoms with Gasteiger partial charge in [-0.2, -0.15) is 5.10 Å². The summed E-state index contributed by atoms with van der Waals surface area (Å²) in [6.45, 7) is 2.88. The van der Waals surface area contributed by atoms with Gasteiger partial charge < -0.3 is 15.3 Å². The van der Waals surface area contributed by atoms with Crippen LogP contribution < -0.4 is 10.2 Å². The van der Waals surface area contributed by atoms with Gasteiger partial charge in [-0.3, -0.25) is 9.59 Å². The first-order valence-electron chi connectivity index (χ1n) is 8.50. The SMILES string of the molecule is Cc1nn(-c2ccccc2)c(N2CCC[C@H](C(=O)O)C2)c1NC(=O)CCl. The standard InChI is InChI=1S/C18H21ClN4O3/c1-12-16(20-15(24)10-19)17(22-9-5-6-13(11-22)18(25)26)23(21-12)14-7-3-2-4-8-14/h2-4,7-8,13H,5-6,9-11H2,1H3,(H,20,24)(H,25,26)/t13-/m0/s1. The van der Waals surface area contributed by atoms with Crippen molar-refractivity contribution in [1.29, 1.82) is 0 Å². The van der Waals surface area contributed by atoms with E-state index in [0.29, 0.717) is 36.7 Å². The molecule has 0 bridgehead atoms. The molecule has 2 aromatic rings. The van der Waals surface area contributed by atoms with Crippen LogP contribution in [0.3, 0.4) is 0 Å². The molecule has 138 valence electrons. The average Bonchev–Trinajstić information content (AvgIpc) is 2.98. The number of nitrogens with one attached hydrogen (secondary N) is 1. The minimum Gasteiger partial charge on any atom is -0.481 e. The molecule has 1 atom stereocenters. The number of hydrogen-bond acceptors (Lipinski definition) is 4. The van der Waals surface area contributed by atoms with Crippen molar-refractivity contribution in [3.63, 3.8) is 0 Å². The van der Waals surface area contributed by atoms with Crippen molar-refractivity contribution in [3.8, 4) is 5.69 Å². The lowest BCUT2D eigenvalue weighted by atomic mass is 9.98. The van der Waals surface area contributed by atoms with Crippen LogP contribution in [0.2, 0.25) is 0 Å². The average molecular weight is 377 g/mol. The first-order chi connectivity index (χ1) is 12.5. The van der Waals surface area contributed by atoms with Gasteiger partial charge in [0.1, 0.15) is 11.6 Å². The van der Waals surface area contributed by atoms with E-state index < -0.39 is 11.9 Å². The molecule has 0 unspecified atom stereocenters. The zero-order chi connectivity index (χ0) is 18.7. The van der Waals surface area contributed by atoms with Crippen molar-refractivity contribution >= 4 is 35.0 Å².